The average Bonchev–Trinajstić information content (AvgIpc) is 1.89. The zero-order valence-electron chi connectivity index (χ0n) is 6.21. The zero-order chi connectivity index (χ0) is 6.81. The van der Waals surface area contributed by atoms with E-state index in [-0.39, 0.29) is 0 Å². The molecular weight excluding hydrogens is 144 g/mol. The van der Waals surface area contributed by atoms with Crippen LogP contribution in [0.15, 0.2) is 0 Å². The molecular formula is C8H14OS. The van der Waals surface area contributed by atoms with Crippen LogP contribution in [0.4, 0.5) is 0 Å². The summed E-state index contributed by atoms with van der Waals surface area (Å²) in [5, 5.41) is 0.972. The Morgan fingerprint density at radius 3 is 3.00 bits per heavy atom. The van der Waals surface area contributed by atoms with Crippen LogP contribution in [0.25, 0.3) is 0 Å². The quantitative estimate of drug-likeness (QED) is 0.533. The molecule has 3 aliphatic rings. The molecule has 0 amide bonds. The van der Waals surface area contributed by atoms with Crippen molar-refractivity contribution in [2.45, 2.75) is 37.0 Å². The Labute approximate surface area is 66.5 Å². The summed E-state index contributed by atoms with van der Waals surface area (Å²) in [7, 11) is 0. The molecule has 3 fully saturated rings. The van der Waals surface area contributed by atoms with Gasteiger partial charge in [0.15, 0.2) is 0 Å². The van der Waals surface area contributed by atoms with E-state index in [1.165, 1.54) is 31.4 Å². The number of rotatable bonds is 0. The van der Waals surface area contributed by atoms with Crippen molar-refractivity contribution in [2.75, 3.05) is 12.4 Å². The molecule has 2 atom stereocenters. The number of hydrogen-bond donors (Lipinski definition) is 0. The maximum absolute atomic E-state index is 5.65. The number of thioether (sulfide) groups is 1. The SMILES string of the molecule is C1COC2CCC(C1)SC2. The molecule has 2 bridgehead atoms. The summed E-state index contributed by atoms with van der Waals surface area (Å²) in [6.07, 6.45) is 5.99. The standard InChI is InChI=1S/C8H14OS/c1-2-8-4-3-7(6-10-8)9-5-1/h7-8H,1-6H2. The number of ether oxygens (including phenoxy) is 1. The lowest BCUT2D eigenvalue weighted by Gasteiger charge is -2.31. The van der Waals surface area contributed by atoms with Crippen LogP contribution in [0.1, 0.15) is 25.7 Å². The zero-order valence-corrected chi connectivity index (χ0v) is 7.03. The van der Waals surface area contributed by atoms with Gasteiger partial charge in [0.2, 0.25) is 0 Å². The lowest BCUT2D eigenvalue weighted by atomic mass is 10.1. The fourth-order valence-electron chi connectivity index (χ4n) is 1.70. The average molecular weight is 158 g/mol. The van der Waals surface area contributed by atoms with Crippen molar-refractivity contribution in [3.63, 3.8) is 0 Å². The minimum atomic E-state index is 0.599. The van der Waals surface area contributed by atoms with E-state index in [1.807, 2.05) is 0 Å². The van der Waals surface area contributed by atoms with E-state index in [0.717, 1.165) is 11.9 Å². The Kier molecular flexibility index (Phi) is 2.19. The molecule has 2 heteroatoms. The van der Waals surface area contributed by atoms with Crippen LogP contribution >= 0.6 is 11.8 Å². The second-order valence-electron chi connectivity index (χ2n) is 3.17. The second-order valence-corrected chi connectivity index (χ2v) is 4.50. The van der Waals surface area contributed by atoms with Gasteiger partial charge in [-0.2, -0.15) is 11.8 Å². The molecule has 0 saturated carbocycles. The normalized spacial score (nSPS) is 40.8. The Balaban J connectivity index is 1.94. The third kappa shape index (κ3) is 1.48. The van der Waals surface area contributed by atoms with Gasteiger partial charge in [0.05, 0.1) is 6.10 Å². The van der Waals surface area contributed by atoms with Gasteiger partial charge in [-0.05, 0) is 25.7 Å². The highest BCUT2D eigenvalue weighted by Gasteiger charge is 2.23. The molecule has 0 aromatic heterocycles. The summed E-state index contributed by atoms with van der Waals surface area (Å²) in [5.41, 5.74) is 0. The van der Waals surface area contributed by atoms with Crippen LogP contribution in [-0.2, 0) is 4.74 Å². The van der Waals surface area contributed by atoms with Crippen LogP contribution in [-0.4, -0.2) is 23.7 Å². The first-order chi connectivity index (χ1) is 4.95. The smallest absolute Gasteiger partial charge is 0.0665 e. The van der Waals surface area contributed by atoms with Crippen molar-refractivity contribution < 1.29 is 4.74 Å². The fraction of sp³-hybridized carbons (Fsp3) is 1.00. The molecule has 3 saturated heterocycles. The van der Waals surface area contributed by atoms with Crippen molar-refractivity contribution in [3.8, 4) is 0 Å². The van der Waals surface area contributed by atoms with Crippen LogP contribution in [0, 0.1) is 0 Å². The molecule has 2 unspecified atom stereocenters. The van der Waals surface area contributed by atoms with E-state index in [1.54, 1.807) is 0 Å². The third-order valence-corrected chi connectivity index (χ3v) is 3.86. The number of fused-ring (bicyclic) bond motifs is 5. The van der Waals surface area contributed by atoms with Crippen LogP contribution in [0.3, 0.4) is 0 Å². The topological polar surface area (TPSA) is 9.23 Å². The molecule has 0 aromatic carbocycles. The minimum Gasteiger partial charge on any atom is -0.377 e. The van der Waals surface area contributed by atoms with Gasteiger partial charge in [-0.1, -0.05) is 0 Å². The van der Waals surface area contributed by atoms with Gasteiger partial charge in [0, 0.05) is 17.6 Å². The van der Waals surface area contributed by atoms with E-state index in [0.29, 0.717) is 6.10 Å². The molecule has 3 aliphatic heterocycles. The molecule has 0 N–H and O–H groups in total. The summed E-state index contributed by atoms with van der Waals surface area (Å²) < 4.78 is 5.65. The summed E-state index contributed by atoms with van der Waals surface area (Å²) in [5.74, 6) is 1.25. The summed E-state index contributed by atoms with van der Waals surface area (Å²) in [4.78, 5) is 0. The van der Waals surface area contributed by atoms with Gasteiger partial charge in [-0.3, -0.25) is 0 Å². The second kappa shape index (κ2) is 3.14. The highest BCUT2D eigenvalue weighted by atomic mass is 32.2. The Morgan fingerprint density at radius 1 is 1.20 bits per heavy atom. The highest BCUT2D eigenvalue weighted by Crippen LogP contribution is 2.32. The van der Waals surface area contributed by atoms with Crippen molar-refractivity contribution in [1.82, 2.24) is 0 Å². The van der Waals surface area contributed by atoms with Gasteiger partial charge in [0.25, 0.3) is 0 Å². The largest absolute Gasteiger partial charge is 0.377 e. The van der Waals surface area contributed by atoms with E-state index in [4.69, 9.17) is 4.74 Å². The highest BCUT2D eigenvalue weighted by molar-refractivity contribution is 8.00. The van der Waals surface area contributed by atoms with E-state index in [9.17, 15) is 0 Å². The van der Waals surface area contributed by atoms with Gasteiger partial charge >= 0.3 is 0 Å². The van der Waals surface area contributed by atoms with Crippen LogP contribution < -0.4 is 0 Å². The Hall–Kier alpha value is 0.310. The van der Waals surface area contributed by atoms with Crippen molar-refractivity contribution in [3.05, 3.63) is 0 Å². The van der Waals surface area contributed by atoms with E-state index >= 15 is 0 Å². The van der Waals surface area contributed by atoms with Crippen molar-refractivity contribution >= 4 is 11.8 Å². The maximum Gasteiger partial charge on any atom is 0.0665 e. The maximum atomic E-state index is 5.65. The van der Waals surface area contributed by atoms with Gasteiger partial charge < -0.3 is 4.74 Å². The van der Waals surface area contributed by atoms with Crippen LogP contribution in [0.5, 0.6) is 0 Å². The van der Waals surface area contributed by atoms with Crippen molar-refractivity contribution in [1.29, 1.82) is 0 Å². The molecule has 1 nitrogen and oxygen atoms in total. The molecule has 3 rings (SSSR count). The molecule has 0 radical (unpaired) electrons. The number of hydrogen-bond acceptors (Lipinski definition) is 2. The molecule has 0 aromatic rings. The molecule has 0 aliphatic carbocycles. The van der Waals surface area contributed by atoms with Crippen LogP contribution in [0.2, 0.25) is 0 Å². The predicted molar refractivity (Wildman–Crippen MR) is 44.5 cm³/mol. The fourth-order valence-corrected chi connectivity index (χ4v) is 3.09. The predicted octanol–water partition coefficient (Wildman–Crippen LogP) is 2.06. The monoisotopic (exact) mass is 158 g/mol. The molecule has 3 heterocycles. The lowest BCUT2D eigenvalue weighted by Crippen LogP contribution is -2.28. The third-order valence-electron chi connectivity index (χ3n) is 2.35. The summed E-state index contributed by atoms with van der Waals surface area (Å²) in [6.45, 7) is 1.02. The molecule has 10 heavy (non-hydrogen) atoms. The van der Waals surface area contributed by atoms with Gasteiger partial charge in [-0.15, -0.1) is 0 Å². The first kappa shape index (κ1) is 6.99. The Bertz CT molecular complexity index is 88.3. The molecule has 58 valence electrons. The summed E-state index contributed by atoms with van der Waals surface area (Å²) in [6, 6.07) is 0. The first-order valence-electron chi connectivity index (χ1n) is 4.18. The lowest BCUT2D eigenvalue weighted by molar-refractivity contribution is 0.0477. The van der Waals surface area contributed by atoms with E-state index < -0.39 is 0 Å². The summed E-state index contributed by atoms with van der Waals surface area (Å²) >= 11 is 2.12. The van der Waals surface area contributed by atoms with Gasteiger partial charge in [-0.25, -0.2) is 0 Å². The van der Waals surface area contributed by atoms with E-state index in [2.05, 4.69) is 11.8 Å². The minimum absolute atomic E-state index is 0.599. The van der Waals surface area contributed by atoms with Crippen molar-refractivity contribution in [2.24, 2.45) is 0 Å². The first-order valence-corrected chi connectivity index (χ1v) is 5.23. The Morgan fingerprint density at radius 2 is 2.20 bits per heavy atom. The van der Waals surface area contributed by atoms with Gasteiger partial charge in [0.1, 0.15) is 0 Å². The molecule has 0 spiro atoms.